The maximum atomic E-state index is 11.7. The fraction of sp³-hybridized carbons (Fsp3) is 0.417. The standard InChI is InChI=1S/C12H15NO4/c1-3-8-16-12(15)11(17-9(2)14)10-6-4-5-7-13-10/h4-7,11H,3,8H2,1-2H3. The summed E-state index contributed by atoms with van der Waals surface area (Å²) in [6.07, 6.45) is 1.15. The Morgan fingerprint density at radius 3 is 2.71 bits per heavy atom. The molecule has 1 heterocycles. The van der Waals surface area contributed by atoms with Crippen molar-refractivity contribution in [3.63, 3.8) is 0 Å². The zero-order valence-corrected chi connectivity index (χ0v) is 9.88. The first-order valence-electron chi connectivity index (χ1n) is 5.40. The van der Waals surface area contributed by atoms with Crippen molar-refractivity contribution in [1.82, 2.24) is 4.98 Å². The number of nitrogens with zero attached hydrogens (tertiary/aromatic N) is 1. The fourth-order valence-electron chi connectivity index (χ4n) is 1.20. The van der Waals surface area contributed by atoms with E-state index in [9.17, 15) is 9.59 Å². The topological polar surface area (TPSA) is 65.5 Å². The van der Waals surface area contributed by atoms with E-state index in [1.807, 2.05) is 6.92 Å². The summed E-state index contributed by atoms with van der Waals surface area (Å²) in [5.41, 5.74) is 0.365. The number of esters is 2. The predicted molar refractivity (Wildman–Crippen MR) is 60.0 cm³/mol. The van der Waals surface area contributed by atoms with Crippen molar-refractivity contribution in [3.8, 4) is 0 Å². The van der Waals surface area contributed by atoms with Gasteiger partial charge in [-0.15, -0.1) is 0 Å². The third-order valence-corrected chi connectivity index (χ3v) is 1.90. The lowest BCUT2D eigenvalue weighted by Gasteiger charge is -2.14. The Morgan fingerprint density at radius 2 is 2.18 bits per heavy atom. The fourth-order valence-corrected chi connectivity index (χ4v) is 1.20. The lowest BCUT2D eigenvalue weighted by molar-refractivity contribution is -0.167. The SMILES string of the molecule is CCCOC(=O)C(OC(C)=O)c1ccccn1. The van der Waals surface area contributed by atoms with E-state index in [1.54, 1.807) is 18.2 Å². The molecule has 0 bridgehead atoms. The number of aromatic nitrogens is 1. The Kier molecular flexibility index (Phi) is 5.13. The van der Waals surface area contributed by atoms with Gasteiger partial charge in [-0.25, -0.2) is 4.79 Å². The predicted octanol–water partition coefficient (Wildman–Crippen LogP) is 1.64. The first-order valence-corrected chi connectivity index (χ1v) is 5.40. The molecule has 0 N–H and O–H groups in total. The van der Waals surface area contributed by atoms with Gasteiger partial charge in [-0.2, -0.15) is 0 Å². The molecule has 1 aromatic heterocycles. The minimum Gasteiger partial charge on any atom is -0.463 e. The van der Waals surface area contributed by atoms with Crippen molar-refractivity contribution in [2.24, 2.45) is 0 Å². The monoisotopic (exact) mass is 237 g/mol. The number of hydrogen-bond acceptors (Lipinski definition) is 5. The van der Waals surface area contributed by atoms with Gasteiger partial charge in [-0.1, -0.05) is 13.0 Å². The number of carbonyl (C=O) groups excluding carboxylic acids is 2. The molecule has 0 radical (unpaired) electrons. The molecule has 17 heavy (non-hydrogen) atoms. The lowest BCUT2D eigenvalue weighted by atomic mass is 10.2. The zero-order valence-electron chi connectivity index (χ0n) is 9.88. The van der Waals surface area contributed by atoms with E-state index in [2.05, 4.69) is 4.98 Å². The van der Waals surface area contributed by atoms with E-state index in [1.165, 1.54) is 13.1 Å². The van der Waals surface area contributed by atoms with E-state index in [-0.39, 0.29) is 0 Å². The maximum Gasteiger partial charge on any atom is 0.353 e. The number of ether oxygens (including phenoxy) is 2. The van der Waals surface area contributed by atoms with Gasteiger partial charge in [0.05, 0.1) is 12.3 Å². The van der Waals surface area contributed by atoms with E-state index < -0.39 is 18.0 Å². The maximum absolute atomic E-state index is 11.7. The quantitative estimate of drug-likeness (QED) is 0.728. The molecule has 0 spiro atoms. The zero-order chi connectivity index (χ0) is 12.7. The molecular formula is C12H15NO4. The summed E-state index contributed by atoms with van der Waals surface area (Å²) >= 11 is 0. The number of hydrogen-bond donors (Lipinski definition) is 0. The van der Waals surface area contributed by atoms with Crippen molar-refractivity contribution >= 4 is 11.9 Å². The van der Waals surface area contributed by atoms with Crippen molar-refractivity contribution < 1.29 is 19.1 Å². The first kappa shape index (κ1) is 13.2. The van der Waals surface area contributed by atoms with Gasteiger partial charge in [0.1, 0.15) is 0 Å². The van der Waals surface area contributed by atoms with Crippen LogP contribution in [0.15, 0.2) is 24.4 Å². The summed E-state index contributed by atoms with van der Waals surface area (Å²) in [6.45, 7) is 3.42. The molecule has 5 nitrogen and oxygen atoms in total. The summed E-state index contributed by atoms with van der Waals surface area (Å²) in [6, 6.07) is 5.04. The second kappa shape index (κ2) is 6.62. The van der Waals surface area contributed by atoms with Crippen molar-refractivity contribution in [3.05, 3.63) is 30.1 Å². The van der Waals surface area contributed by atoms with Crippen LogP contribution in [0.3, 0.4) is 0 Å². The van der Waals surface area contributed by atoms with E-state index >= 15 is 0 Å². The Labute approximate surface area is 99.8 Å². The highest BCUT2D eigenvalue weighted by molar-refractivity contribution is 5.79. The van der Waals surface area contributed by atoms with E-state index in [0.29, 0.717) is 18.7 Å². The van der Waals surface area contributed by atoms with Crippen LogP contribution in [0.1, 0.15) is 32.1 Å². The first-order chi connectivity index (χ1) is 8.15. The van der Waals surface area contributed by atoms with Gasteiger partial charge in [0.2, 0.25) is 6.10 Å². The van der Waals surface area contributed by atoms with E-state index in [4.69, 9.17) is 9.47 Å². The molecule has 1 unspecified atom stereocenters. The molecule has 0 saturated heterocycles. The summed E-state index contributed by atoms with van der Waals surface area (Å²) in [7, 11) is 0. The average Bonchev–Trinajstić information content (AvgIpc) is 2.34. The second-order valence-corrected chi connectivity index (χ2v) is 3.41. The van der Waals surface area contributed by atoms with Crippen LogP contribution in [0.25, 0.3) is 0 Å². The molecule has 1 atom stereocenters. The molecule has 5 heteroatoms. The van der Waals surface area contributed by atoms with Crippen molar-refractivity contribution in [1.29, 1.82) is 0 Å². The van der Waals surface area contributed by atoms with Crippen molar-refractivity contribution in [2.45, 2.75) is 26.4 Å². The Hall–Kier alpha value is -1.91. The molecule has 0 aliphatic rings. The Bertz CT molecular complexity index is 377. The van der Waals surface area contributed by atoms with Gasteiger partial charge >= 0.3 is 11.9 Å². The molecule has 0 saturated carbocycles. The lowest BCUT2D eigenvalue weighted by Crippen LogP contribution is -2.22. The van der Waals surface area contributed by atoms with Crippen molar-refractivity contribution in [2.75, 3.05) is 6.61 Å². The molecule has 0 aliphatic heterocycles. The molecule has 0 aromatic carbocycles. The number of carbonyl (C=O) groups is 2. The van der Waals surface area contributed by atoms with Gasteiger partial charge in [0, 0.05) is 13.1 Å². The summed E-state index contributed by atoms with van der Waals surface area (Å²) in [5.74, 6) is -1.14. The van der Waals surface area contributed by atoms with Gasteiger partial charge in [-0.05, 0) is 18.6 Å². The smallest absolute Gasteiger partial charge is 0.353 e. The summed E-state index contributed by atoms with van der Waals surface area (Å²) in [4.78, 5) is 26.6. The van der Waals surface area contributed by atoms with Crippen LogP contribution >= 0.6 is 0 Å². The average molecular weight is 237 g/mol. The van der Waals surface area contributed by atoms with Gasteiger partial charge < -0.3 is 9.47 Å². The highest BCUT2D eigenvalue weighted by Crippen LogP contribution is 2.16. The molecule has 92 valence electrons. The van der Waals surface area contributed by atoms with Crippen LogP contribution in [0.2, 0.25) is 0 Å². The second-order valence-electron chi connectivity index (χ2n) is 3.41. The van der Waals surface area contributed by atoms with Crippen LogP contribution < -0.4 is 0 Å². The van der Waals surface area contributed by atoms with Crippen LogP contribution in [-0.2, 0) is 19.1 Å². The number of pyridine rings is 1. The van der Waals surface area contributed by atoms with Crippen LogP contribution in [-0.4, -0.2) is 23.5 Å². The molecule has 0 aliphatic carbocycles. The molecule has 0 amide bonds. The highest BCUT2D eigenvalue weighted by atomic mass is 16.6. The highest BCUT2D eigenvalue weighted by Gasteiger charge is 2.26. The Balaban J connectivity index is 2.80. The normalized spacial score (nSPS) is 11.6. The minimum absolute atomic E-state index is 0.295. The Morgan fingerprint density at radius 1 is 1.41 bits per heavy atom. The third kappa shape index (κ3) is 4.22. The molecule has 1 rings (SSSR count). The van der Waals surface area contributed by atoms with Crippen LogP contribution in [0.5, 0.6) is 0 Å². The van der Waals surface area contributed by atoms with Gasteiger partial charge in [0.15, 0.2) is 0 Å². The third-order valence-electron chi connectivity index (χ3n) is 1.90. The summed E-state index contributed by atoms with van der Waals surface area (Å²) < 4.78 is 9.87. The molecule has 1 aromatic rings. The molecule has 0 fully saturated rings. The van der Waals surface area contributed by atoms with Crippen LogP contribution in [0, 0.1) is 0 Å². The molecular weight excluding hydrogens is 222 g/mol. The number of rotatable bonds is 5. The van der Waals surface area contributed by atoms with E-state index in [0.717, 1.165) is 0 Å². The van der Waals surface area contributed by atoms with Gasteiger partial charge in [0.25, 0.3) is 0 Å². The van der Waals surface area contributed by atoms with Gasteiger partial charge in [-0.3, -0.25) is 9.78 Å². The van der Waals surface area contributed by atoms with Crippen LogP contribution in [0.4, 0.5) is 0 Å². The summed E-state index contributed by atoms with van der Waals surface area (Å²) in [5, 5.41) is 0. The largest absolute Gasteiger partial charge is 0.463 e. The minimum atomic E-state index is -1.08.